The van der Waals surface area contributed by atoms with Crippen molar-refractivity contribution in [2.75, 3.05) is 0 Å². The summed E-state index contributed by atoms with van der Waals surface area (Å²) in [6, 6.07) is 0. The van der Waals surface area contributed by atoms with Crippen LogP contribution in [-0.4, -0.2) is 30.8 Å². The van der Waals surface area contributed by atoms with Gasteiger partial charge in [0.2, 0.25) is 0 Å². The van der Waals surface area contributed by atoms with Crippen molar-refractivity contribution >= 4 is 30.6 Å². The first-order valence-electron chi connectivity index (χ1n) is 1.33. The van der Waals surface area contributed by atoms with Crippen molar-refractivity contribution in [1.82, 2.24) is 0 Å². The minimum absolute atomic E-state index is 0. The molecule has 0 unspecified atom stereocenters. The summed E-state index contributed by atoms with van der Waals surface area (Å²) < 4.78 is 60.8. The van der Waals surface area contributed by atoms with Crippen molar-refractivity contribution in [2.45, 2.75) is 0 Å². The monoisotopic (exact) mass is 271 g/mol. The maximum Gasteiger partial charge on any atom is 1.00 e. The first-order valence-corrected chi connectivity index (χ1v) is 5.00. The number of hydrogen-bond donors (Lipinski definition) is 0. The minimum atomic E-state index is -5.17. The first-order chi connectivity index (χ1) is 4.00. The van der Waals surface area contributed by atoms with Crippen molar-refractivity contribution < 1.29 is 47.9 Å². The number of rotatable bonds is 0. The van der Waals surface area contributed by atoms with Crippen molar-refractivity contribution in [3.63, 3.8) is 0 Å². The summed E-state index contributed by atoms with van der Waals surface area (Å²) >= 11 is 3.24. The molecule has 0 N–H and O–H groups in total. The Balaban J connectivity index is -0.000000107. The molecule has 0 amide bonds. The molecule has 0 heterocycles. The second kappa shape index (κ2) is 6.22. The molecule has 0 aliphatic carbocycles. The van der Waals surface area contributed by atoms with E-state index in [0.717, 1.165) is 0 Å². The van der Waals surface area contributed by atoms with Gasteiger partial charge in [-0.15, -0.1) is 9.05 Å². The fraction of sp³-hybridized carbons (Fsp3) is 0. The third kappa shape index (κ3) is 1740. The minimum Gasteiger partial charge on any atom is -0.780 e. The van der Waals surface area contributed by atoms with Gasteiger partial charge in [0, 0.05) is 10.4 Å². The zero-order valence-corrected chi connectivity index (χ0v) is 7.78. The molecule has 0 aromatic carbocycles. The fourth-order valence-corrected chi connectivity index (χ4v) is 0. The maximum atomic E-state index is 8.89. The topological polar surface area (TPSA) is 143 Å². The fourth-order valence-electron chi connectivity index (χ4n) is 0. The van der Waals surface area contributed by atoms with E-state index in [1.54, 1.807) is 0 Å². The summed E-state index contributed by atoms with van der Waals surface area (Å²) in [5, 5.41) is 0. The molecule has 0 atom stereocenters. The van der Waals surface area contributed by atoms with E-state index in [0.29, 0.717) is 0 Å². The van der Waals surface area contributed by atoms with Crippen LogP contribution in [0, 0.1) is 0 Å². The van der Waals surface area contributed by atoms with Crippen LogP contribution in [0.1, 0.15) is 0 Å². The van der Waals surface area contributed by atoms with Gasteiger partial charge in [-0.3, -0.25) is 12.6 Å². The van der Waals surface area contributed by atoms with Crippen LogP contribution < -0.4 is 0 Å². The molecule has 0 saturated heterocycles. The standard InChI is InChI=1S/Cu.H2O4S.H2O3S2/c;2*1-5(2,3)4/h;2*(H2,1,2,3,4)/q+1;;/p-4. The van der Waals surface area contributed by atoms with E-state index in [-0.39, 0.29) is 17.1 Å². The van der Waals surface area contributed by atoms with Gasteiger partial charge in [-0.05, 0) is 11.2 Å². The molecule has 0 aliphatic rings. The van der Waals surface area contributed by atoms with Crippen LogP contribution in [0.25, 0.3) is 0 Å². The van der Waals surface area contributed by atoms with Gasteiger partial charge < -0.3 is 18.2 Å². The van der Waals surface area contributed by atoms with E-state index < -0.39 is 19.5 Å². The Morgan fingerprint density at radius 3 is 0.909 bits per heavy atom. The van der Waals surface area contributed by atoms with Gasteiger partial charge in [0.05, 0.1) is 0 Å². The van der Waals surface area contributed by atoms with Gasteiger partial charge in [0.1, 0.15) is 0 Å². The van der Waals surface area contributed by atoms with Gasteiger partial charge in [-0.2, -0.15) is 0 Å². The second-order valence-corrected chi connectivity index (χ2v) is 3.67. The molecule has 0 bridgehead atoms. The summed E-state index contributed by atoms with van der Waals surface area (Å²) in [6.45, 7) is 0. The van der Waals surface area contributed by atoms with Gasteiger partial charge in [-0.1, -0.05) is 0 Å². The smallest absolute Gasteiger partial charge is 0.780 e. The van der Waals surface area contributed by atoms with Crippen LogP contribution in [-0.2, 0) is 47.7 Å². The summed E-state index contributed by atoms with van der Waals surface area (Å²) in [4.78, 5) is 0. The van der Waals surface area contributed by atoms with E-state index in [9.17, 15) is 0 Å². The molecule has 0 fully saturated rings. The Hall–Kier alpha value is 0.679. The van der Waals surface area contributed by atoms with E-state index in [1.807, 2.05) is 0 Å². The van der Waals surface area contributed by atoms with Gasteiger partial charge >= 0.3 is 17.1 Å². The quantitative estimate of drug-likeness (QED) is 0.271. The van der Waals surface area contributed by atoms with E-state index >= 15 is 0 Å². The summed E-state index contributed by atoms with van der Waals surface area (Å²) in [5.74, 6) is 0. The Morgan fingerprint density at radius 1 is 0.909 bits per heavy atom. The molecule has 0 aliphatic heterocycles. The SMILES string of the molecule is O=S(=O)([O-])[O-].O=S([O-])([O-])=S.[Cu+]. The van der Waals surface area contributed by atoms with Crippen LogP contribution in [0.4, 0.5) is 0 Å². The molecule has 0 aromatic rings. The zero-order valence-electron chi connectivity index (χ0n) is 4.38. The normalized spacial score (nSPS) is 10.5. The molecule has 0 saturated carbocycles. The largest absolute Gasteiger partial charge is 1.00 e. The zero-order chi connectivity index (χ0) is 9.00. The molecule has 0 rings (SSSR count). The van der Waals surface area contributed by atoms with Crippen molar-refractivity contribution in [3.8, 4) is 0 Å². The van der Waals surface area contributed by atoms with Crippen molar-refractivity contribution in [3.05, 3.63) is 0 Å². The predicted octanol–water partition coefficient (Wildman–Crippen LogP) is -2.35. The van der Waals surface area contributed by atoms with Crippen molar-refractivity contribution in [1.29, 1.82) is 0 Å². The Morgan fingerprint density at radius 2 is 0.909 bits per heavy atom. The Labute approximate surface area is 78.6 Å². The molecular weight excluding hydrogens is 272 g/mol. The molecular formula is CuO7S3-3. The van der Waals surface area contributed by atoms with Gasteiger partial charge in [-0.25, -0.2) is 0 Å². The van der Waals surface area contributed by atoms with E-state index in [1.165, 1.54) is 0 Å². The molecule has 74 valence electrons. The third-order valence-corrected chi connectivity index (χ3v) is 0. The summed E-state index contributed by atoms with van der Waals surface area (Å²) in [6.07, 6.45) is 0. The van der Waals surface area contributed by atoms with Gasteiger partial charge in [0.25, 0.3) is 0 Å². The molecule has 7 nitrogen and oxygen atoms in total. The van der Waals surface area contributed by atoms with Crippen molar-refractivity contribution in [2.24, 2.45) is 0 Å². The molecule has 0 radical (unpaired) electrons. The van der Waals surface area contributed by atoms with Crippen LogP contribution in [0.15, 0.2) is 0 Å². The van der Waals surface area contributed by atoms with Gasteiger partial charge in [0.15, 0.2) is 0 Å². The average molecular weight is 272 g/mol. The molecule has 11 heavy (non-hydrogen) atoms. The van der Waals surface area contributed by atoms with E-state index in [4.69, 9.17) is 30.8 Å². The molecule has 0 spiro atoms. The second-order valence-electron chi connectivity index (χ2n) is 0.816. The maximum absolute atomic E-state index is 8.89. The van der Waals surface area contributed by atoms with Crippen LogP contribution in [0.3, 0.4) is 0 Å². The van der Waals surface area contributed by atoms with Crippen LogP contribution >= 0.6 is 0 Å². The summed E-state index contributed by atoms with van der Waals surface area (Å²) in [5.41, 5.74) is 0. The van der Waals surface area contributed by atoms with E-state index in [2.05, 4.69) is 11.2 Å². The third-order valence-electron chi connectivity index (χ3n) is 0. The van der Waals surface area contributed by atoms with Crippen LogP contribution in [0.2, 0.25) is 0 Å². The Kier molecular flexibility index (Phi) is 10.0. The average Bonchev–Trinajstić information content (AvgIpc) is 1.12. The molecule has 0 aromatic heterocycles. The Bertz CT molecular complexity index is 210. The predicted molar refractivity (Wildman–Crippen MR) is 27.5 cm³/mol. The number of hydrogen-bond acceptors (Lipinski definition) is 8. The first kappa shape index (κ1) is 17.7. The summed E-state index contributed by atoms with van der Waals surface area (Å²) in [7, 11) is -9.50. The van der Waals surface area contributed by atoms with Crippen LogP contribution in [0.5, 0.6) is 0 Å². The molecule has 11 heteroatoms.